The van der Waals surface area contributed by atoms with Crippen molar-refractivity contribution in [2.24, 2.45) is 0 Å². The van der Waals surface area contributed by atoms with E-state index in [0.717, 1.165) is 4.47 Å². The number of benzene rings is 1. The molecular formula is C11H9BrS. The molecule has 13 heavy (non-hydrogen) atoms. The summed E-state index contributed by atoms with van der Waals surface area (Å²) in [6.07, 6.45) is 0. The van der Waals surface area contributed by atoms with Gasteiger partial charge in [-0.2, -0.15) is 0 Å². The van der Waals surface area contributed by atoms with Gasteiger partial charge < -0.3 is 0 Å². The molecule has 0 radical (unpaired) electrons. The molecule has 0 aliphatic heterocycles. The zero-order chi connectivity index (χ0) is 9.26. The molecule has 0 unspecified atom stereocenters. The van der Waals surface area contributed by atoms with Crippen LogP contribution in [0.1, 0.15) is 4.88 Å². The third-order valence-electron chi connectivity index (χ3n) is 2.01. The number of aryl methyl sites for hydroxylation is 1. The summed E-state index contributed by atoms with van der Waals surface area (Å²) in [7, 11) is 0. The van der Waals surface area contributed by atoms with Crippen LogP contribution in [0.4, 0.5) is 0 Å². The van der Waals surface area contributed by atoms with Gasteiger partial charge in [-0.15, -0.1) is 11.3 Å². The zero-order valence-electron chi connectivity index (χ0n) is 7.25. The Morgan fingerprint density at radius 1 is 1.08 bits per heavy atom. The Bertz CT molecular complexity index is 400. The molecule has 0 atom stereocenters. The van der Waals surface area contributed by atoms with Crippen LogP contribution >= 0.6 is 27.3 Å². The van der Waals surface area contributed by atoms with E-state index in [1.165, 1.54) is 16.0 Å². The van der Waals surface area contributed by atoms with Gasteiger partial charge in [-0.3, -0.25) is 0 Å². The SMILES string of the molecule is Cc1sccc1-c1ccc(Br)cc1. The van der Waals surface area contributed by atoms with E-state index in [1.807, 2.05) is 0 Å². The predicted molar refractivity (Wildman–Crippen MR) is 62.2 cm³/mol. The summed E-state index contributed by atoms with van der Waals surface area (Å²) < 4.78 is 1.13. The fourth-order valence-electron chi connectivity index (χ4n) is 1.31. The standard InChI is InChI=1S/C11H9BrS/c1-8-11(6-7-13-8)9-2-4-10(12)5-3-9/h2-7H,1H3. The molecule has 1 heterocycles. The molecule has 0 spiro atoms. The van der Waals surface area contributed by atoms with Crippen LogP contribution < -0.4 is 0 Å². The molecule has 0 bridgehead atoms. The largest absolute Gasteiger partial charge is 0.149 e. The lowest BCUT2D eigenvalue weighted by Gasteiger charge is -1.99. The van der Waals surface area contributed by atoms with E-state index in [1.54, 1.807) is 11.3 Å². The monoisotopic (exact) mass is 252 g/mol. The lowest BCUT2D eigenvalue weighted by Crippen LogP contribution is -1.75. The number of hydrogen-bond acceptors (Lipinski definition) is 1. The highest BCUT2D eigenvalue weighted by Crippen LogP contribution is 2.28. The molecule has 2 aromatic rings. The molecule has 0 saturated carbocycles. The Morgan fingerprint density at radius 2 is 1.77 bits per heavy atom. The molecule has 1 aromatic heterocycles. The Hall–Kier alpha value is -0.600. The molecule has 0 aliphatic carbocycles. The molecule has 1 aromatic carbocycles. The van der Waals surface area contributed by atoms with E-state index < -0.39 is 0 Å². The maximum atomic E-state index is 3.43. The summed E-state index contributed by atoms with van der Waals surface area (Å²) in [5.74, 6) is 0. The van der Waals surface area contributed by atoms with E-state index in [9.17, 15) is 0 Å². The van der Waals surface area contributed by atoms with Crippen molar-refractivity contribution in [3.8, 4) is 11.1 Å². The van der Waals surface area contributed by atoms with Crippen LogP contribution in [0.5, 0.6) is 0 Å². The second-order valence-electron chi connectivity index (χ2n) is 2.90. The highest BCUT2D eigenvalue weighted by Gasteiger charge is 2.01. The van der Waals surface area contributed by atoms with Crippen molar-refractivity contribution in [2.45, 2.75) is 6.92 Å². The smallest absolute Gasteiger partial charge is 0.0175 e. The molecule has 0 amide bonds. The summed E-state index contributed by atoms with van der Waals surface area (Å²) in [6, 6.07) is 10.6. The second kappa shape index (κ2) is 3.64. The maximum Gasteiger partial charge on any atom is 0.0175 e. The summed E-state index contributed by atoms with van der Waals surface area (Å²) in [4.78, 5) is 1.38. The number of hydrogen-bond donors (Lipinski definition) is 0. The van der Waals surface area contributed by atoms with Crippen molar-refractivity contribution in [2.75, 3.05) is 0 Å². The number of rotatable bonds is 1. The number of thiophene rings is 1. The first kappa shape index (κ1) is 8.97. The van der Waals surface area contributed by atoms with Crippen molar-refractivity contribution in [1.82, 2.24) is 0 Å². The molecule has 0 saturated heterocycles. The first-order valence-electron chi connectivity index (χ1n) is 4.07. The highest BCUT2D eigenvalue weighted by atomic mass is 79.9. The van der Waals surface area contributed by atoms with E-state index in [2.05, 4.69) is 58.6 Å². The summed E-state index contributed by atoms with van der Waals surface area (Å²) >= 11 is 5.22. The Morgan fingerprint density at radius 3 is 2.31 bits per heavy atom. The first-order chi connectivity index (χ1) is 6.27. The van der Waals surface area contributed by atoms with Gasteiger partial charge in [-0.05, 0) is 41.6 Å². The second-order valence-corrected chi connectivity index (χ2v) is 4.93. The lowest BCUT2D eigenvalue weighted by atomic mass is 10.1. The van der Waals surface area contributed by atoms with Crippen molar-refractivity contribution < 1.29 is 0 Å². The van der Waals surface area contributed by atoms with Crippen molar-refractivity contribution in [1.29, 1.82) is 0 Å². The van der Waals surface area contributed by atoms with E-state index in [0.29, 0.717) is 0 Å². The summed E-state index contributed by atoms with van der Waals surface area (Å²) in [5, 5.41) is 2.13. The van der Waals surface area contributed by atoms with Gasteiger partial charge in [0.2, 0.25) is 0 Å². The third-order valence-corrected chi connectivity index (χ3v) is 3.39. The van der Waals surface area contributed by atoms with E-state index in [4.69, 9.17) is 0 Å². The Kier molecular flexibility index (Phi) is 2.51. The Balaban J connectivity index is 2.47. The number of halogens is 1. The quantitative estimate of drug-likeness (QED) is 0.702. The van der Waals surface area contributed by atoms with Crippen LogP contribution in [0.25, 0.3) is 11.1 Å². The molecule has 0 nitrogen and oxygen atoms in total. The van der Waals surface area contributed by atoms with Crippen LogP contribution in [-0.2, 0) is 0 Å². The van der Waals surface area contributed by atoms with Gasteiger partial charge in [0, 0.05) is 9.35 Å². The minimum absolute atomic E-state index is 1.13. The van der Waals surface area contributed by atoms with Crippen LogP contribution in [-0.4, -0.2) is 0 Å². The topological polar surface area (TPSA) is 0 Å². The fraction of sp³-hybridized carbons (Fsp3) is 0.0909. The van der Waals surface area contributed by atoms with Gasteiger partial charge >= 0.3 is 0 Å². The van der Waals surface area contributed by atoms with Crippen LogP contribution in [0.3, 0.4) is 0 Å². The molecule has 2 rings (SSSR count). The van der Waals surface area contributed by atoms with E-state index in [-0.39, 0.29) is 0 Å². The zero-order valence-corrected chi connectivity index (χ0v) is 9.65. The van der Waals surface area contributed by atoms with Crippen LogP contribution in [0.15, 0.2) is 40.2 Å². The predicted octanol–water partition coefficient (Wildman–Crippen LogP) is 4.49. The van der Waals surface area contributed by atoms with Gasteiger partial charge in [-0.1, -0.05) is 28.1 Å². The van der Waals surface area contributed by atoms with Crippen LogP contribution in [0.2, 0.25) is 0 Å². The minimum atomic E-state index is 1.13. The van der Waals surface area contributed by atoms with Crippen molar-refractivity contribution in [3.63, 3.8) is 0 Å². The lowest BCUT2D eigenvalue weighted by molar-refractivity contribution is 1.57. The summed E-state index contributed by atoms with van der Waals surface area (Å²) in [5.41, 5.74) is 2.64. The van der Waals surface area contributed by atoms with Gasteiger partial charge in [0.1, 0.15) is 0 Å². The van der Waals surface area contributed by atoms with Crippen molar-refractivity contribution in [3.05, 3.63) is 45.1 Å². The van der Waals surface area contributed by atoms with E-state index >= 15 is 0 Å². The Labute approximate surface area is 90.4 Å². The normalized spacial score (nSPS) is 10.3. The molecule has 0 N–H and O–H groups in total. The molecule has 0 aliphatic rings. The van der Waals surface area contributed by atoms with Gasteiger partial charge in [0.05, 0.1) is 0 Å². The molecule has 2 heteroatoms. The van der Waals surface area contributed by atoms with Gasteiger partial charge in [0.25, 0.3) is 0 Å². The first-order valence-corrected chi connectivity index (χ1v) is 5.74. The molecular weight excluding hydrogens is 244 g/mol. The summed E-state index contributed by atoms with van der Waals surface area (Å²) in [6.45, 7) is 2.15. The fourth-order valence-corrected chi connectivity index (χ4v) is 2.30. The van der Waals surface area contributed by atoms with Gasteiger partial charge in [0.15, 0.2) is 0 Å². The van der Waals surface area contributed by atoms with Crippen molar-refractivity contribution >= 4 is 27.3 Å². The molecule has 66 valence electrons. The average Bonchev–Trinajstić information content (AvgIpc) is 2.53. The minimum Gasteiger partial charge on any atom is -0.149 e. The molecule has 0 fully saturated rings. The maximum absolute atomic E-state index is 3.43. The highest BCUT2D eigenvalue weighted by molar-refractivity contribution is 9.10. The van der Waals surface area contributed by atoms with Crippen LogP contribution in [0, 0.1) is 6.92 Å². The van der Waals surface area contributed by atoms with Gasteiger partial charge in [-0.25, -0.2) is 0 Å². The average molecular weight is 253 g/mol. The third kappa shape index (κ3) is 1.84.